The number of nitrogens with one attached hydrogen (secondary N) is 1. The summed E-state index contributed by atoms with van der Waals surface area (Å²) in [4.78, 5) is 25.0. The van der Waals surface area contributed by atoms with E-state index in [-0.39, 0.29) is 34.3 Å². The van der Waals surface area contributed by atoms with Gasteiger partial charge in [0.1, 0.15) is 0 Å². The second-order valence-corrected chi connectivity index (χ2v) is 11.9. The number of carbonyl (C=O) groups excluding carboxylic acids is 2. The number of ether oxygens (including phenoxy) is 1. The minimum atomic E-state index is -0.451. The molecule has 2 atom stereocenters. The predicted molar refractivity (Wildman–Crippen MR) is 103 cm³/mol. The zero-order valence-corrected chi connectivity index (χ0v) is 17.7. The van der Waals surface area contributed by atoms with Gasteiger partial charge in [0.15, 0.2) is 6.61 Å². The van der Waals surface area contributed by atoms with Gasteiger partial charge in [-0.2, -0.15) is 0 Å². The third kappa shape index (κ3) is 4.37. The van der Waals surface area contributed by atoms with E-state index in [1.54, 1.807) is 0 Å². The van der Waals surface area contributed by atoms with E-state index in [0.29, 0.717) is 18.3 Å². The highest BCUT2D eigenvalue weighted by Crippen LogP contribution is 2.64. The molecule has 0 aromatic rings. The second kappa shape index (κ2) is 6.39. The van der Waals surface area contributed by atoms with Gasteiger partial charge in [-0.3, -0.25) is 9.59 Å². The summed E-state index contributed by atoms with van der Waals surface area (Å²) in [6.45, 7) is 10.3. The summed E-state index contributed by atoms with van der Waals surface area (Å²) < 4.78 is 5.50. The quantitative estimate of drug-likeness (QED) is 0.564. The Balaban J connectivity index is 1.55. The Morgan fingerprint density at radius 3 is 2.15 bits per heavy atom. The maximum absolute atomic E-state index is 12.9. The van der Waals surface area contributed by atoms with Gasteiger partial charge in [-0.1, -0.05) is 20.8 Å². The van der Waals surface area contributed by atoms with Crippen LogP contribution >= 0.6 is 11.6 Å². The van der Waals surface area contributed by atoms with Crippen molar-refractivity contribution >= 4 is 23.5 Å². The minimum Gasteiger partial charge on any atom is -0.455 e. The number of carbonyl (C=O) groups is 2. The van der Waals surface area contributed by atoms with E-state index < -0.39 is 5.41 Å². The molecule has 0 spiro atoms. The highest BCUT2D eigenvalue weighted by Gasteiger charge is 2.60. The molecule has 4 fully saturated rings. The summed E-state index contributed by atoms with van der Waals surface area (Å²) in [6.07, 6.45) is 6.59. The van der Waals surface area contributed by atoms with E-state index in [9.17, 15) is 9.59 Å². The molecule has 4 bridgehead atoms. The zero-order chi connectivity index (χ0) is 19.4. The van der Waals surface area contributed by atoms with E-state index in [4.69, 9.17) is 16.3 Å². The van der Waals surface area contributed by atoms with Crippen LogP contribution in [0.5, 0.6) is 0 Å². The van der Waals surface area contributed by atoms with E-state index in [2.05, 4.69) is 26.1 Å². The van der Waals surface area contributed by atoms with E-state index in [1.807, 2.05) is 13.8 Å². The van der Waals surface area contributed by atoms with Crippen LogP contribution in [0.15, 0.2) is 0 Å². The molecule has 5 heteroatoms. The molecule has 0 heterocycles. The van der Waals surface area contributed by atoms with Crippen LogP contribution in [0.4, 0.5) is 0 Å². The summed E-state index contributed by atoms with van der Waals surface area (Å²) in [6, 6.07) is 0. The van der Waals surface area contributed by atoms with Crippen LogP contribution in [-0.4, -0.2) is 28.9 Å². The van der Waals surface area contributed by atoms with Crippen molar-refractivity contribution in [3.63, 3.8) is 0 Å². The molecule has 0 radical (unpaired) electrons. The molecule has 1 N–H and O–H groups in total. The minimum absolute atomic E-state index is 0.112. The number of amides is 1. The van der Waals surface area contributed by atoms with Gasteiger partial charge in [-0.25, -0.2) is 0 Å². The van der Waals surface area contributed by atoms with Crippen LogP contribution in [-0.2, 0) is 14.3 Å². The van der Waals surface area contributed by atoms with Crippen LogP contribution in [0.1, 0.15) is 79.6 Å². The lowest BCUT2D eigenvalue weighted by molar-refractivity contribution is -0.172. The lowest BCUT2D eigenvalue weighted by Crippen LogP contribution is -2.56. The summed E-state index contributed by atoms with van der Waals surface area (Å²) in [5, 5.41) is 3.01. The molecule has 148 valence electrons. The molecule has 0 aliphatic heterocycles. The van der Waals surface area contributed by atoms with Gasteiger partial charge in [0, 0.05) is 10.4 Å². The Labute approximate surface area is 162 Å². The average molecular weight is 384 g/mol. The van der Waals surface area contributed by atoms with Gasteiger partial charge >= 0.3 is 5.97 Å². The number of halogens is 1. The fraction of sp³-hybridized carbons (Fsp3) is 0.905. The van der Waals surface area contributed by atoms with Gasteiger partial charge < -0.3 is 10.1 Å². The number of esters is 1. The Kier molecular flexibility index (Phi) is 4.91. The van der Waals surface area contributed by atoms with Crippen molar-refractivity contribution in [2.45, 2.75) is 90.0 Å². The molecule has 0 aromatic carbocycles. The van der Waals surface area contributed by atoms with Gasteiger partial charge in [-0.05, 0) is 76.0 Å². The van der Waals surface area contributed by atoms with Gasteiger partial charge in [0.05, 0.1) is 5.41 Å². The molecule has 4 rings (SSSR count). The molecule has 0 unspecified atom stereocenters. The van der Waals surface area contributed by atoms with Crippen molar-refractivity contribution in [2.75, 3.05) is 6.61 Å². The average Bonchev–Trinajstić information content (AvgIpc) is 2.38. The fourth-order valence-electron chi connectivity index (χ4n) is 6.46. The topological polar surface area (TPSA) is 55.4 Å². The van der Waals surface area contributed by atoms with Crippen LogP contribution in [0, 0.1) is 22.7 Å². The lowest BCUT2D eigenvalue weighted by atomic mass is 9.49. The smallest absolute Gasteiger partial charge is 0.312 e. The van der Waals surface area contributed by atoms with Crippen molar-refractivity contribution in [1.29, 1.82) is 0 Å². The number of hydrogen-bond acceptors (Lipinski definition) is 3. The van der Waals surface area contributed by atoms with E-state index >= 15 is 0 Å². The van der Waals surface area contributed by atoms with Crippen molar-refractivity contribution in [3.05, 3.63) is 0 Å². The molecule has 1 amide bonds. The van der Waals surface area contributed by atoms with Gasteiger partial charge in [-0.15, -0.1) is 11.6 Å². The molecule has 4 aliphatic carbocycles. The van der Waals surface area contributed by atoms with Crippen molar-refractivity contribution in [1.82, 2.24) is 5.32 Å². The largest absolute Gasteiger partial charge is 0.455 e. The molecule has 4 saturated carbocycles. The Morgan fingerprint density at radius 1 is 1.08 bits per heavy atom. The number of alkyl halides is 1. The lowest BCUT2D eigenvalue weighted by Gasteiger charge is -2.58. The zero-order valence-electron chi connectivity index (χ0n) is 16.9. The molecule has 26 heavy (non-hydrogen) atoms. The van der Waals surface area contributed by atoms with Crippen molar-refractivity contribution in [3.8, 4) is 0 Å². The molecular formula is C21H34ClNO3. The fourth-order valence-corrected chi connectivity index (χ4v) is 7.15. The first-order valence-corrected chi connectivity index (χ1v) is 10.3. The molecule has 4 nitrogen and oxygen atoms in total. The highest BCUT2D eigenvalue weighted by molar-refractivity contribution is 6.24. The highest BCUT2D eigenvalue weighted by atomic mass is 35.5. The van der Waals surface area contributed by atoms with Gasteiger partial charge in [0.2, 0.25) is 0 Å². The summed E-state index contributed by atoms with van der Waals surface area (Å²) in [5.74, 6) is 0.653. The van der Waals surface area contributed by atoms with Gasteiger partial charge in [0.25, 0.3) is 5.91 Å². The molecule has 4 aliphatic rings. The third-order valence-electron chi connectivity index (χ3n) is 6.21. The summed E-state index contributed by atoms with van der Waals surface area (Å²) >= 11 is 6.79. The normalized spacial score (nSPS) is 36.1. The maximum atomic E-state index is 12.9. The molecule has 0 saturated heterocycles. The Hall–Kier alpha value is -0.770. The van der Waals surface area contributed by atoms with Crippen LogP contribution < -0.4 is 5.32 Å². The first kappa shape index (κ1) is 20.0. The van der Waals surface area contributed by atoms with Crippen molar-refractivity contribution < 1.29 is 14.3 Å². The summed E-state index contributed by atoms with van der Waals surface area (Å²) in [5.41, 5.74) is -0.670. The Morgan fingerprint density at radius 2 is 1.65 bits per heavy atom. The standard InChI is InChI=1S/C21H34ClNO3/c1-18(2,3)12-19(4,5)23-16(24)11-26-17(25)20-7-14-6-15(8-20)10-21(22,9-14)13-20/h14-15H,6-13H2,1-5H3,(H,23,24)/t14-,15-,20?,21?/m0/s1. The van der Waals surface area contributed by atoms with E-state index in [0.717, 1.165) is 32.1 Å². The third-order valence-corrected chi connectivity index (χ3v) is 6.65. The predicted octanol–water partition coefficient (Wildman–Crippen LogP) is 4.44. The van der Waals surface area contributed by atoms with Crippen LogP contribution in [0.3, 0.4) is 0 Å². The SMILES string of the molecule is CC(C)(C)CC(C)(C)NC(=O)COC(=O)C12C[C@@H]3C[C@H](CC(Cl)(C3)C1)C2. The molecular weight excluding hydrogens is 350 g/mol. The number of hydrogen-bond donors (Lipinski definition) is 1. The first-order chi connectivity index (χ1) is 11.8. The molecule has 0 aromatic heterocycles. The second-order valence-electron chi connectivity index (χ2n) is 11.1. The maximum Gasteiger partial charge on any atom is 0.312 e. The number of rotatable bonds is 5. The van der Waals surface area contributed by atoms with Crippen LogP contribution in [0.25, 0.3) is 0 Å². The monoisotopic (exact) mass is 383 g/mol. The van der Waals surface area contributed by atoms with Crippen molar-refractivity contribution in [2.24, 2.45) is 22.7 Å². The Bertz CT molecular complexity index is 579. The first-order valence-electron chi connectivity index (χ1n) is 9.97. The summed E-state index contributed by atoms with van der Waals surface area (Å²) in [7, 11) is 0. The van der Waals surface area contributed by atoms with E-state index in [1.165, 1.54) is 6.42 Å². The van der Waals surface area contributed by atoms with Crippen LogP contribution in [0.2, 0.25) is 0 Å².